The fourth-order valence-corrected chi connectivity index (χ4v) is 4.02. The van der Waals surface area contributed by atoms with Crippen LogP contribution >= 0.6 is 0 Å². The lowest BCUT2D eigenvalue weighted by molar-refractivity contribution is 0.0931. The van der Waals surface area contributed by atoms with E-state index in [1.807, 2.05) is 0 Å². The minimum Gasteiger partial charge on any atom is -0.497 e. The van der Waals surface area contributed by atoms with Gasteiger partial charge in [-0.25, -0.2) is 0 Å². The van der Waals surface area contributed by atoms with E-state index in [0.29, 0.717) is 24.3 Å². The average molecular weight is 273 g/mol. The van der Waals surface area contributed by atoms with E-state index in [-0.39, 0.29) is 0 Å². The van der Waals surface area contributed by atoms with Crippen molar-refractivity contribution < 1.29 is 9.47 Å². The number of hydrogen-bond donors (Lipinski definition) is 1. The van der Waals surface area contributed by atoms with Crippen molar-refractivity contribution in [1.29, 1.82) is 0 Å². The van der Waals surface area contributed by atoms with Crippen LogP contribution in [0, 0.1) is 0 Å². The van der Waals surface area contributed by atoms with Crippen molar-refractivity contribution in [1.82, 2.24) is 5.32 Å². The summed E-state index contributed by atoms with van der Waals surface area (Å²) in [4.78, 5) is 0. The number of fused-ring (bicyclic) bond motifs is 2. The van der Waals surface area contributed by atoms with Gasteiger partial charge in [0.1, 0.15) is 5.75 Å². The van der Waals surface area contributed by atoms with Gasteiger partial charge in [-0.1, -0.05) is 12.1 Å². The number of rotatable bonds is 4. The Balaban J connectivity index is 1.29. The Morgan fingerprint density at radius 2 is 1.90 bits per heavy atom. The molecule has 3 unspecified atom stereocenters. The van der Waals surface area contributed by atoms with Gasteiger partial charge in [0, 0.05) is 12.1 Å². The van der Waals surface area contributed by atoms with Crippen LogP contribution in [-0.2, 0) is 4.74 Å². The number of benzene rings is 1. The molecule has 1 aromatic rings. The minimum absolute atomic E-state index is 0.500. The van der Waals surface area contributed by atoms with Crippen LogP contribution in [0.5, 0.6) is 5.75 Å². The zero-order valence-electron chi connectivity index (χ0n) is 12.0. The molecular formula is C17H23NO2. The van der Waals surface area contributed by atoms with Gasteiger partial charge in [-0.05, 0) is 55.7 Å². The van der Waals surface area contributed by atoms with Gasteiger partial charge >= 0.3 is 0 Å². The third-order valence-corrected chi connectivity index (χ3v) is 5.28. The zero-order chi connectivity index (χ0) is 13.5. The van der Waals surface area contributed by atoms with E-state index in [2.05, 4.69) is 29.6 Å². The molecule has 3 heteroatoms. The predicted molar refractivity (Wildman–Crippen MR) is 78.2 cm³/mol. The summed E-state index contributed by atoms with van der Waals surface area (Å²) < 4.78 is 11.1. The average Bonchev–Trinajstić information content (AvgIpc) is 3.05. The molecule has 0 spiro atoms. The SMILES string of the molecule is COc1ccc(C2CC(NC3CC4CCC3O4)C2)cc1. The normalized spacial score (nSPS) is 38.8. The number of ether oxygens (including phenoxy) is 2. The largest absolute Gasteiger partial charge is 0.497 e. The summed E-state index contributed by atoms with van der Waals surface area (Å²) in [5.41, 5.74) is 1.45. The van der Waals surface area contributed by atoms with E-state index in [1.54, 1.807) is 7.11 Å². The van der Waals surface area contributed by atoms with Crippen LogP contribution in [-0.4, -0.2) is 31.4 Å². The molecule has 20 heavy (non-hydrogen) atoms. The molecule has 1 N–H and O–H groups in total. The van der Waals surface area contributed by atoms with Crippen molar-refractivity contribution in [2.24, 2.45) is 0 Å². The van der Waals surface area contributed by atoms with Crippen LogP contribution in [0.4, 0.5) is 0 Å². The van der Waals surface area contributed by atoms with E-state index >= 15 is 0 Å². The summed E-state index contributed by atoms with van der Waals surface area (Å²) in [6, 6.07) is 9.87. The Labute approximate surface area is 120 Å². The second-order valence-corrected chi connectivity index (χ2v) is 6.52. The highest BCUT2D eigenvalue weighted by atomic mass is 16.5. The molecule has 2 aliphatic heterocycles. The molecule has 2 saturated heterocycles. The molecule has 3 aliphatic rings. The van der Waals surface area contributed by atoms with Gasteiger partial charge in [0.05, 0.1) is 19.3 Å². The highest BCUT2D eigenvalue weighted by molar-refractivity contribution is 5.31. The van der Waals surface area contributed by atoms with Gasteiger partial charge in [0.25, 0.3) is 0 Å². The first-order valence-corrected chi connectivity index (χ1v) is 7.87. The van der Waals surface area contributed by atoms with E-state index in [9.17, 15) is 0 Å². The Morgan fingerprint density at radius 3 is 2.50 bits per heavy atom. The molecule has 0 aromatic heterocycles. The summed E-state index contributed by atoms with van der Waals surface area (Å²) in [6.07, 6.45) is 7.35. The van der Waals surface area contributed by atoms with Crippen molar-refractivity contribution >= 4 is 0 Å². The molecule has 2 heterocycles. The van der Waals surface area contributed by atoms with Crippen molar-refractivity contribution in [2.45, 2.75) is 62.3 Å². The van der Waals surface area contributed by atoms with E-state index < -0.39 is 0 Å². The lowest BCUT2D eigenvalue weighted by Crippen LogP contribution is -2.49. The third-order valence-electron chi connectivity index (χ3n) is 5.28. The molecule has 108 valence electrons. The van der Waals surface area contributed by atoms with Crippen LogP contribution in [0.1, 0.15) is 43.6 Å². The van der Waals surface area contributed by atoms with Crippen LogP contribution in [0.2, 0.25) is 0 Å². The first-order chi connectivity index (χ1) is 9.81. The molecule has 1 aromatic carbocycles. The molecule has 3 fully saturated rings. The highest BCUT2D eigenvalue weighted by Gasteiger charge is 2.43. The predicted octanol–water partition coefficient (Wildman–Crippen LogP) is 2.85. The van der Waals surface area contributed by atoms with E-state index in [4.69, 9.17) is 9.47 Å². The van der Waals surface area contributed by atoms with Crippen LogP contribution in [0.3, 0.4) is 0 Å². The number of nitrogens with one attached hydrogen (secondary N) is 1. The van der Waals surface area contributed by atoms with Gasteiger partial charge < -0.3 is 14.8 Å². The minimum atomic E-state index is 0.500. The summed E-state index contributed by atoms with van der Waals surface area (Å²) >= 11 is 0. The molecule has 3 nitrogen and oxygen atoms in total. The van der Waals surface area contributed by atoms with Gasteiger partial charge in [0.2, 0.25) is 0 Å². The number of hydrogen-bond acceptors (Lipinski definition) is 3. The first-order valence-electron chi connectivity index (χ1n) is 7.87. The van der Waals surface area contributed by atoms with Crippen molar-refractivity contribution in [2.75, 3.05) is 7.11 Å². The third kappa shape index (κ3) is 2.23. The summed E-state index contributed by atoms with van der Waals surface area (Å²) in [5, 5.41) is 3.82. The van der Waals surface area contributed by atoms with Gasteiger partial charge in [0.15, 0.2) is 0 Å². The zero-order valence-corrected chi connectivity index (χ0v) is 12.0. The quantitative estimate of drug-likeness (QED) is 0.915. The van der Waals surface area contributed by atoms with E-state index in [0.717, 1.165) is 11.7 Å². The van der Waals surface area contributed by atoms with Crippen LogP contribution in [0.25, 0.3) is 0 Å². The lowest BCUT2D eigenvalue weighted by Gasteiger charge is -2.39. The monoisotopic (exact) mass is 273 g/mol. The maximum Gasteiger partial charge on any atom is 0.118 e. The second-order valence-electron chi connectivity index (χ2n) is 6.52. The Kier molecular flexibility index (Phi) is 3.20. The van der Waals surface area contributed by atoms with Crippen molar-refractivity contribution in [3.8, 4) is 5.75 Å². The van der Waals surface area contributed by atoms with Crippen LogP contribution in [0.15, 0.2) is 24.3 Å². The second kappa shape index (κ2) is 5.05. The molecule has 1 aliphatic carbocycles. The molecule has 0 amide bonds. The molecule has 4 rings (SSSR count). The summed E-state index contributed by atoms with van der Waals surface area (Å²) in [6.45, 7) is 0. The Morgan fingerprint density at radius 1 is 1.10 bits per heavy atom. The topological polar surface area (TPSA) is 30.5 Å². The fraction of sp³-hybridized carbons (Fsp3) is 0.647. The maximum atomic E-state index is 5.91. The molecule has 3 atom stereocenters. The smallest absolute Gasteiger partial charge is 0.118 e. The molecule has 0 radical (unpaired) electrons. The fourth-order valence-electron chi connectivity index (χ4n) is 4.02. The standard InChI is InChI=1S/C17H23NO2/c1-19-14-4-2-11(3-5-14)12-8-13(9-12)18-16-10-15-6-7-17(16)20-15/h2-5,12-13,15-18H,6-10H2,1H3. The maximum absolute atomic E-state index is 5.91. The molecule has 1 saturated carbocycles. The highest BCUT2D eigenvalue weighted by Crippen LogP contribution is 2.40. The first kappa shape index (κ1) is 12.7. The lowest BCUT2D eigenvalue weighted by atomic mass is 9.75. The summed E-state index contributed by atoms with van der Waals surface area (Å²) in [7, 11) is 1.72. The molecular weight excluding hydrogens is 250 g/mol. The molecule has 2 bridgehead atoms. The van der Waals surface area contributed by atoms with E-state index in [1.165, 1.54) is 37.7 Å². The number of methoxy groups -OCH3 is 1. The van der Waals surface area contributed by atoms with Crippen molar-refractivity contribution in [3.05, 3.63) is 29.8 Å². The Hall–Kier alpha value is -1.06. The van der Waals surface area contributed by atoms with Crippen molar-refractivity contribution in [3.63, 3.8) is 0 Å². The Bertz CT molecular complexity index is 466. The van der Waals surface area contributed by atoms with Gasteiger partial charge in [-0.2, -0.15) is 0 Å². The summed E-state index contributed by atoms with van der Waals surface area (Å²) in [5.74, 6) is 1.67. The van der Waals surface area contributed by atoms with Crippen LogP contribution < -0.4 is 10.1 Å². The van der Waals surface area contributed by atoms with Gasteiger partial charge in [-0.15, -0.1) is 0 Å². The van der Waals surface area contributed by atoms with Gasteiger partial charge in [-0.3, -0.25) is 0 Å².